The number of benzene rings is 1. The molecule has 2 N–H and O–H groups in total. The van der Waals surface area contributed by atoms with Crippen molar-refractivity contribution in [2.75, 3.05) is 39.3 Å². The predicted molar refractivity (Wildman–Crippen MR) is 120 cm³/mol. The van der Waals surface area contributed by atoms with Gasteiger partial charge in [-0.3, -0.25) is 4.99 Å². The number of piperazine rings is 1. The summed E-state index contributed by atoms with van der Waals surface area (Å²) in [5, 5.41) is 8.28. The minimum Gasteiger partial charge on any atom is -0.364 e. The summed E-state index contributed by atoms with van der Waals surface area (Å²) < 4.78 is 31.6. The molecule has 166 valence electrons. The van der Waals surface area contributed by atoms with Gasteiger partial charge in [0.15, 0.2) is 5.96 Å². The van der Waals surface area contributed by atoms with Crippen molar-refractivity contribution in [2.45, 2.75) is 19.1 Å². The largest absolute Gasteiger partial charge is 0.364 e. The van der Waals surface area contributed by atoms with E-state index in [1.54, 1.807) is 6.07 Å². The lowest BCUT2D eigenvalue weighted by molar-refractivity contribution is 0.260. The van der Waals surface area contributed by atoms with Crippen LogP contribution in [0, 0.1) is 0 Å². The lowest BCUT2D eigenvalue weighted by Gasteiger charge is -2.35. The summed E-state index contributed by atoms with van der Waals surface area (Å²) in [6.45, 7) is 5.49. The molecule has 0 amide bonds. The van der Waals surface area contributed by atoms with E-state index in [2.05, 4.69) is 32.5 Å². The maximum atomic E-state index is 12.6. The van der Waals surface area contributed by atoms with Gasteiger partial charge in [-0.2, -0.15) is 4.31 Å². The van der Waals surface area contributed by atoms with Crippen LogP contribution in [0.1, 0.15) is 18.2 Å². The summed E-state index contributed by atoms with van der Waals surface area (Å²) in [5.74, 6) is 0.693. The molecule has 1 saturated heterocycles. The molecular formula is C21H28N6O3S. The smallest absolute Gasteiger partial charge is 0.220 e. The Morgan fingerprint density at radius 2 is 2.03 bits per heavy atom. The van der Waals surface area contributed by atoms with Crippen LogP contribution in [0.15, 0.2) is 52.3 Å². The number of nitrogens with zero attached hydrogens (tertiary/aromatic N) is 4. The van der Waals surface area contributed by atoms with Crippen LogP contribution in [0.5, 0.6) is 0 Å². The number of rotatable bonds is 7. The van der Waals surface area contributed by atoms with Gasteiger partial charge in [-0.25, -0.2) is 8.42 Å². The highest BCUT2D eigenvalue weighted by atomic mass is 32.2. The molecule has 0 atom stereocenters. The average molecular weight is 445 g/mol. The van der Waals surface area contributed by atoms with E-state index in [9.17, 15) is 8.42 Å². The van der Waals surface area contributed by atoms with Crippen LogP contribution >= 0.6 is 0 Å². The minimum absolute atomic E-state index is 0.137. The summed E-state index contributed by atoms with van der Waals surface area (Å²) in [5.41, 5.74) is 2.81. The van der Waals surface area contributed by atoms with Crippen molar-refractivity contribution < 1.29 is 12.9 Å². The summed E-state index contributed by atoms with van der Waals surface area (Å²) in [6, 6.07) is 9.84. The van der Waals surface area contributed by atoms with E-state index in [4.69, 9.17) is 9.52 Å². The molecule has 1 aliphatic rings. The van der Waals surface area contributed by atoms with E-state index >= 15 is 0 Å². The molecule has 3 heterocycles. The molecule has 31 heavy (non-hydrogen) atoms. The van der Waals surface area contributed by atoms with Crippen LogP contribution in [0.2, 0.25) is 0 Å². The fraction of sp³-hybridized carbons (Fsp3) is 0.429. The first kappa shape index (κ1) is 21.4. The quantitative estimate of drug-likeness (QED) is 0.425. The number of guanidine groups is 1. The molecule has 0 spiro atoms. The van der Waals surface area contributed by atoms with Crippen LogP contribution in [0.4, 0.5) is 0 Å². The van der Waals surface area contributed by atoms with Gasteiger partial charge in [-0.05, 0) is 25.0 Å². The van der Waals surface area contributed by atoms with Gasteiger partial charge >= 0.3 is 0 Å². The zero-order chi connectivity index (χ0) is 21.7. The van der Waals surface area contributed by atoms with Gasteiger partial charge in [-0.1, -0.05) is 23.4 Å². The summed E-state index contributed by atoms with van der Waals surface area (Å²) >= 11 is 0. The first-order valence-electron chi connectivity index (χ1n) is 10.5. The highest BCUT2D eigenvalue weighted by molar-refractivity contribution is 7.88. The SMILES string of the molecule is CCNC(=NCCc1c[nH]c2ccccc12)N1CCN(S(=O)(=O)Cc2ccon2)CC1. The van der Waals surface area contributed by atoms with Crippen molar-refractivity contribution in [3.05, 3.63) is 54.0 Å². The molecule has 10 heteroatoms. The Morgan fingerprint density at radius 1 is 1.23 bits per heavy atom. The van der Waals surface area contributed by atoms with Crippen LogP contribution in [-0.4, -0.2) is 73.0 Å². The zero-order valence-electron chi connectivity index (χ0n) is 17.6. The maximum Gasteiger partial charge on any atom is 0.220 e. The number of aliphatic imine (C=N–C) groups is 1. The Balaban J connectivity index is 1.35. The molecule has 1 aromatic carbocycles. The number of nitrogens with one attached hydrogen (secondary N) is 2. The molecule has 0 bridgehead atoms. The monoisotopic (exact) mass is 444 g/mol. The van der Waals surface area contributed by atoms with Gasteiger partial charge in [-0.15, -0.1) is 0 Å². The van der Waals surface area contributed by atoms with E-state index in [1.807, 2.05) is 25.3 Å². The number of fused-ring (bicyclic) bond motifs is 1. The number of hydrogen-bond donors (Lipinski definition) is 2. The fourth-order valence-corrected chi connectivity index (χ4v) is 5.24. The molecule has 2 aromatic heterocycles. The molecule has 0 radical (unpaired) electrons. The van der Waals surface area contributed by atoms with Crippen molar-refractivity contribution in [2.24, 2.45) is 4.99 Å². The molecule has 0 unspecified atom stereocenters. The third-order valence-electron chi connectivity index (χ3n) is 5.41. The van der Waals surface area contributed by atoms with E-state index in [0.29, 0.717) is 38.4 Å². The van der Waals surface area contributed by atoms with Crippen molar-refractivity contribution >= 4 is 26.9 Å². The molecule has 1 aliphatic heterocycles. The van der Waals surface area contributed by atoms with E-state index in [1.165, 1.54) is 21.5 Å². The van der Waals surface area contributed by atoms with Gasteiger partial charge in [0.1, 0.15) is 12.0 Å². The second kappa shape index (κ2) is 9.52. The van der Waals surface area contributed by atoms with Gasteiger partial charge < -0.3 is 19.7 Å². The van der Waals surface area contributed by atoms with E-state index in [-0.39, 0.29) is 5.75 Å². The highest BCUT2D eigenvalue weighted by Gasteiger charge is 2.29. The van der Waals surface area contributed by atoms with Crippen molar-refractivity contribution in [3.63, 3.8) is 0 Å². The molecule has 1 fully saturated rings. The zero-order valence-corrected chi connectivity index (χ0v) is 18.4. The van der Waals surface area contributed by atoms with Gasteiger partial charge in [0, 0.05) is 62.4 Å². The normalized spacial score (nSPS) is 16.2. The number of aromatic nitrogens is 2. The summed E-state index contributed by atoms with van der Waals surface area (Å²) in [7, 11) is -3.41. The van der Waals surface area contributed by atoms with E-state index < -0.39 is 10.0 Å². The molecule has 4 rings (SSSR count). The van der Waals surface area contributed by atoms with Crippen molar-refractivity contribution in [1.82, 2.24) is 24.7 Å². The Labute approximate surface area is 182 Å². The topological polar surface area (TPSA) is 107 Å². The van der Waals surface area contributed by atoms with Gasteiger partial charge in [0.05, 0.1) is 5.69 Å². The minimum atomic E-state index is -3.41. The molecular weight excluding hydrogens is 416 g/mol. The Bertz CT molecular complexity index is 1120. The Morgan fingerprint density at radius 3 is 2.77 bits per heavy atom. The lowest BCUT2D eigenvalue weighted by atomic mass is 10.1. The second-order valence-corrected chi connectivity index (χ2v) is 9.45. The number of H-pyrrole nitrogens is 1. The predicted octanol–water partition coefficient (Wildman–Crippen LogP) is 1.81. The van der Waals surface area contributed by atoms with Crippen LogP contribution < -0.4 is 5.32 Å². The highest BCUT2D eigenvalue weighted by Crippen LogP contribution is 2.18. The molecule has 9 nitrogen and oxygen atoms in total. The first-order valence-corrected chi connectivity index (χ1v) is 12.1. The molecule has 0 aliphatic carbocycles. The third-order valence-corrected chi connectivity index (χ3v) is 7.22. The fourth-order valence-electron chi connectivity index (χ4n) is 3.81. The Hall–Kier alpha value is -2.85. The lowest BCUT2D eigenvalue weighted by Crippen LogP contribution is -2.54. The van der Waals surface area contributed by atoms with Crippen LogP contribution in [0.3, 0.4) is 0 Å². The number of aromatic amines is 1. The van der Waals surface area contributed by atoms with E-state index in [0.717, 1.165) is 24.4 Å². The average Bonchev–Trinajstić information content (AvgIpc) is 3.43. The van der Waals surface area contributed by atoms with Gasteiger partial charge in [0.25, 0.3) is 0 Å². The number of hydrogen-bond acceptors (Lipinski definition) is 5. The summed E-state index contributed by atoms with van der Waals surface area (Å²) in [6.07, 6.45) is 4.27. The van der Waals surface area contributed by atoms with Gasteiger partial charge in [0.2, 0.25) is 10.0 Å². The molecule has 3 aromatic rings. The van der Waals surface area contributed by atoms with Crippen molar-refractivity contribution in [1.29, 1.82) is 0 Å². The second-order valence-electron chi connectivity index (χ2n) is 7.48. The summed E-state index contributed by atoms with van der Waals surface area (Å²) in [4.78, 5) is 10.2. The van der Waals surface area contributed by atoms with Crippen molar-refractivity contribution in [3.8, 4) is 0 Å². The number of para-hydroxylation sites is 1. The van der Waals surface area contributed by atoms with Crippen LogP contribution in [0.25, 0.3) is 10.9 Å². The molecule has 0 saturated carbocycles. The Kier molecular flexibility index (Phi) is 6.57. The maximum absolute atomic E-state index is 12.6. The van der Waals surface area contributed by atoms with Crippen LogP contribution in [-0.2, 0) is 22.2 Å². The first-order chi connectivity index (χ1) is 15.1. The third kappa shape index (κ3) is 5.08. The number of sulfonamides is 1. The standard InChI is InChI=1S/C21H28N6O3S/c1-2-22-21(23-9-7-17-15-24-20-6-4-3-5-19(17)20)26-10-12-27(13-11-26)31(28,29)16-18-8-14-30-25-18/h3-6,8,14-15,24H,2,7,9-13,16H2,1H3,(H,22,23).